The van der Waals surface area contributed by atoms with E-state index in [9.17, 15) is 4.79 Å². The highest BCUT2D eigenvalue weighted by atomic mass is 16.2. The van der Waals surface area contributed by atoms with Gasteiger partial charge in [0.1, 0.15) is 5.69 Å². The van der Waals surface area contributed by atoms with Crippen LogP contribution in [0.3, 0.4) is 0 Å². The van der Waals surface area contributed by atoms with Gasteiger partial charge in [0.25, 0.3) is 5.91 Å². The zero-order valence-corrected chi connectivity index (χ0v) is 13.8. The maximum Gasteiger partial charge on any atom is 0.269 e. The number of rotatable bonds is 5. The summed E-state index contributed by atoms with van der Waals surface area (Å²) in [5, 5.41) is 7.13. The molecular weight excluding hydrogens is 288 g/mol. The van der Waals surface area contributed by atoms with E-state index in [-0.39, 0.29) is 11.4 Å². The predicted molar refractivity (Wildman–Crippen MR) is 90.0 cm³/mol. The van der Waals surface area contributed by atoms with E-state index in [4.69, 9.17) is 0 Å². The number of carbonyl (C=O) groups excluding carboxylic acids is 1. The van der Waals surface area contributed by atoms with Crippen LogP contribution in [-0.4, -0.2) is 39.2 Å². The van der Waals surface area contributed by atoms with Gasteiger partial charge in [-0.05, 0) is 37.9 Å². The van der Waals surface area contributed by atoms with Crippen molar-refractivity contribution in [2.24, 2.45) is 7.05 Å². The van der Waals surface area contributed by atoms with E-state index >= 15 is 0 Å². The molecule has 122 valence electrons. The summed E-state index contributed by atoms with van der Waals surface area (Å²) in [6.45, 7) is 4.90. The highest BCUT2D eigenvalue weighted by Crippen LogP contribution is 2.30. The van der Waals surface area contributed by atoms with E-state index in [1.54, 1.807) is 24.0 Å². The highest BCUT2D eigenvalue weighted by Gasteiger charge is 2.36. The fourth-order valence-corrected chi connectivity index (χ4v) is 3.31. The number of nitrogens with one attached hydrogen (secondary N) is 1. The van der Waals surface area contributed by atoms with Gasteiger partial charge in [-0.3, -0.25) is 14.4 Å². The number of amides is 1. The van der Waals surface area contributed by atoms with Crippen molar-refractivity contribution in [2.75, 3.05) is 13.1 Å². The van der Waals surface area contributed by atoms with E-state index in [1.807, 2.05) is 6.07 Å². The molecule has 1 unspecified atom stereocenters. The van der Waals surface area contributed by atoms with E-state index in [0.29, 0.717) is 12.2 Å². The molecule has 1 aliphatic rings. The monoisotopic (exact) mass is 312 g/mol. The lowest BCUT2D eigenvalue weighted by atomic mass is 9.98. The summed E-state index contributed by atoms with van der Waals surface area (Å²) >= 11 is 0. The quantitative estimate of drug-likeness (QED) is 0.921. The molecule has 1 amide bonds. The van der Waals surface area contributed by atoms with E-state index in [1.165, 1.54) is 12.0 Å². The van der Waals surface area contributed by atoms with Crippen LogP contribution in [0, 0.1) is 0 Å². The molecule has 1 saturated heterocycles. The fraction of sp³-hybridized carbons (Fsp3) is 0.444. The molecule has 0 radical (unpaired) electrons. The fourth-order valence-electron chi connectivity index (χ4n) is 3.31. The first kappa shape index (κ1) is 15.7. The minimum Gasteiger partial charge on any atom is -0.349 e. The number of hydrogen-bond acceptors (Lipinski definition) is 3. The van der Waals surface area contributed by atoms with Crippen molar-refractivity contribution < 1.29 is 4.79 Å². The predicted octanol–water partition coefficient (Wildman–Crippen LogP) is 2.20. The molecular formula is C18H24N4O. The second-order valence-corrected chi connectivity index (χ2v) is 6.53. The maximum atomic E-state index is 12.3. The van der Waals surface area contributed by atoms with Crippen LogP contribution in [0.1, 0.15) is 35.8 Å². The summed E-state index contributed by atoms with van der Waals surface area (Å²) in [5.41, 5.74) is 1.92. The van der Waals surface area contributed by atoms with Gasteiger partial charge in [-0.25, -0.2) is 0 Å². The van der Waals surface area contributed by atoms with Crippen molar-refractivity contribution in [1.82, 2.24) is 20.0 Å². The largest absolute Gasteiger partial charge is 0.349 e. The number of hydrogen-bond donors (Lipinski definition) is 1. The zero-order valence-electron chi connectivity index (χ0n) is 13.8. The number of carbonyl (C=O) groups is 1. The average molecular weight is 312 g/mol. The normalized spacial score (nSPS) is 21.5. The average Bonchev–Trinajstić information content (AvgIpc) is 3.13. The van der Waals surface area contributed by atoms with Crippen LogP contribution in [0.4, 0.5) is 0 Å². The maximum absolute atomic E-state index is 12.3. The molecule has 1 atom stereocenters. The molecule has 1 fully saturated rings. The van der Waals surface area contributed by atoms with Crippen LogP contribution in [0.5, 0.6) is 0 Å². The Labute approximate surface area is 137 Å². The van der Waals surface area contributed by atoms with Gasteiger partial charge in [0.05, 0.1) is 0 Å². The third kappa shape index (κ3) is 3.45. The topological polar surface area (TPSA) is 50.2 Å². The summed E-state index contributed by atoms with van der Waals surface area (Å²) < 4.78 is 1.61. The Hall–Kier alpha value is -2.14. The van der Waals surface area contributed by atoms with Crippen molar-refractivity contribution in [1.29, 1.82) is 0 Å². The standard InChI is InChI=1S/C18H24N4O/c1-18(14-19-17(23)16-9-11-20-21(16)2)10-6-12-22(18)13-15-7-4-3-5-8-15/h3-5,7-9,11H,6,10,12-14H2,1-2H3,(H,19,23). The summed E-state index contributed by atoms with van der Waals surface area (Å²) in [6, 6.07) is 12.3. The van der Waals surface area contributed by atoms with Gasteiger partial charge in [0.2, 0.25) is 0 Å². The lowest BCUT2D eigenvalue weighted by Gasteiger charge is -2.35. The number of nitrogens with zero attached hydrogens (tertiary/aromatic N) is 3. The summed E-state index contributed by atoms with van der Waals surface area (Å²) in [5.74, 6) is -0.0576. The van der Waals surface area contributed by atoms with Crippen LogP contribution in [0.2, 0.25) is 0 Å². The van der Waals surface area contributed by atoms with Gasteiger partial charge in [-0.15, -0.1) is 0 Å². The first-order valence-electron chi connectivity index (χ1n) is 8.14. The van der Waals surface area contributed by atoms with E-state index in [0.717, 1.165) is 19.5 Å². The van der Waals surface area contributed by atoms with Crippen molar-refractivity contribution in [3.8, 4) is 0 Å². The van der Waals surface area contributed by atoms with Crippen LogP contribution in [0.15, 0.2) is 42.6 Å². The van der Waals surface area contributed by atoms with Gasteiger partial charge >= 0.3 is 0 Å². The van der Waals surface area contributed by atoms with Crippen molar-refractivity contribution >= 4 is 5.91 Å². The number of aryl methyl sites for hydroxylation is 1. The molecule has 2 heterocycles. The molecule has 1 N–H and O–H groups in total. The minimum absolute atomic E-state index is 0.00406. The van der Waals surface area contributed by atoms with Gasteiger partial charge < -0.3 is 5.32 Å². The Morgan fingerprint density at radius 2 is 2.09 bits per heavy atom. The number of aromatic nitrogens is 2. The second-order valence-electron chi connectivity index (χ2n) is 6.53. The lowest BCUT2D eigenvalue weighted by molar-refractivity contribution is 0.0888. The SMILES string of the molecule is Cn1nccc1C(=O)NCC1(C)CCCN1Cc1ccccc1. The number of benzene rings is 1. The van der Waals surface area contributed by atoms with Crippen LogP contribution < -0.4 is 5.32 Å². The summed E-state index contributed by atoms with van der Waals surface area (Å²) in [7, 11) is 1.79. The van der Waals surface area contributed by atoms with Crippen molar-refractivity contribution in [3.63, 3.8) is 0 Å². The Bertz CT molecular complexity index is 667. The summed E-state index contributed by atoms with van der Waals surface area (Å²) in [6.07, 6.45) is 3.92. The molecule has 1 aliphatic heterocycles. The zero-order chi connectivity index (χ0) is 16.3. The summed E-state index contributed by atoms with van der Waals surface area (Å²) in [4.78, 5) is 14.8. The molecule has 1 aromatic heterocycles. The van der Waals surface area contributed by atoms with Gasteiger partial charge in [-0.1, -0.05) is 30.3 Å². The molecule has 3 rings (SSSR count). The van der Waals surface area contributed by atoms with E-state index in [2.05, 4.69) is 46.5 Å². The van der Waals surface area contributed by atoms with E-state index < -0.39 is 0 Å². The molecule has 23 heavy (non-hydrogen) atoms. The first-order chi connectivity index (χ1) is 11.1. The highest BCUT2D eigenvalue weighted by molar-refractivity contribution is 5.92. The number of likely N-dealkylation sites (tertiary alicyclic amines) is 1. The smallest absolute Gasteiger partial charge is 0.269 e. The van der Waals surface area contributed by atoms with Crippen LogP contribution in [0.25, 0.3) is 0 Å². The molecule has 0 saturated carbocycles. The van der Waals surface area contributed by atoms with Crippen LogP contribution in [-0.2, 0) is 13.6 Å². The Morgan fingerprint density at radius 3 is 2.78 bits per heavy atom. The van der Waals surface area contributed by atoms with Gasteiger partial charge in [0.15, 0.2) is 0 Å². The first-order valence-corrected chi connectivity index (χ1v) is 8.14. The molecule has 5 nitrogen and oxygen atoms in total. The lowest BCUT2D eigenvalue weighted by Crippen LogP contribution is -2.49. The molecule has 0 spiro atoms. The molecule has 5 heteroatoms. The van der Waals surface area contributed by atoms with Crippen molar-refractivity contribution in [2.45, 2.75) is 31.8 Å². The Morgan fingerprint density at radius 1 is 1.30 bits per heavy atom. The Kier molecular flexibility index (Phi) is 4.48. The second kappa shape index (κ2) is 6.54. The molecule has 0 bridgehead atoms. The minimum atomic E-state index is -0.0576. The molecule has 2 aromatic rings. The van der Waals surface area contributed by atoms with Gasteiger partial charge in [-0.2, -0.15) is 5.10 Å². The molecule has 1 aromatic carbocycles. The van der Waals surface area contributed by atoms with Crippen molar-refractivity contribution in [3.05, 3.63) is 53.9 Å². The Balaban J connectivity index is 1.63. The van der Waals surface area contributed by atoms with Gasteiger partial charge in [0, 0.05) is 31.9 Å². The van der Waals surface area contributed by atoms with Crippen LogP contribution >= 0.6 is 0 Å². The third-order valence-electron chi connectivity index (χ3n) is 4.81. The third-order valence-corrected chi connectivity index (χ3v) is 4.81. The molecule has 0 aliphatic carbocycles.